The van der Waals surface area contributed by atoms with Crippen LogP contribution in [0.25, 0.3) is 11.0 Å². The van der Waals surface area contributed by atoms with Crippen LogP contribution in [0.4, 0.5) is 0 Å². The second kappa shape index (κ2) is 7.26. The van der Waals surface area contributed by atoms with Crippen LogP contribution in [0.15, 0.2) is 28.7 Å². The van der Waals surface area contributed by atoms with Crippen molar-refractivity contribution in [1.29, 1.82) is 0 Å². The lowest BCUT2D eigenvalue weighted by Gasteiger charge is -2.29. The van der Waals surface area contributed by atoms with Crippen LogP contribution in [-0.2, 0) is 0 Å². The summed E-state index contributed by atoms with van der Waals surface area (Å²) in [5.74, 6) is 0.999. The average Bonchev–Trinajstić information content (AvgIpc) is 3.24. The lowest BCUT2D eigenvalue weighted by Crippen LogP contribution is -2.42. The number of nitrogens with zero attached hydrogens (tertiary/aromatic N) is 2. The fourth-order valence-corrected chi connectivity index (χ4v) is 3.59. The first kappa shape index (κ1) is 16.8. The van der Waals surface area contributed by atoms with Crippen molar-refractivity contribution < 1.29 is 13.9 Å². The number of carbonyl (C=O) groups is 1. The summed E-state index contributed by atoms with van der Waals surface area (Å²) >= 11 is 0. The van der Waals surface area contributed by atoms with Gasteiger partial charge in [-0.15, -0.1) is 0 Å². The van der Waals surface area contributed by atoms with Crippen LogP contribution in [0.3, 0.4) is 0 Å². The molecule has 24 heavy (non-hydrogen) atoms. The van der Waals surface area contributed by atoms with Crippen LogP contribution in [0.2, 0.25) is 0 Å². The summed E-state index contributed by atoms with van der Waals surface area (Å²) in [5.41, 5.74) is 0.635. The molecule has 0 bridgehead atoms. The monoisotopic (exact) mass is 330 g/mol. The molecule has 1 aliphatic heterocycles. The van der Waals surface area contributed by atoms with Crippen molar-refractivity contribution >= 4 is 16.9 Å². The van der Waals surface area contributed by atoms with Crippen LogP contribution in [0.1, 0.15) is 37.2 Å². The molecule has 1 atom stereocenters. The molecule has 0 aliphatic carbocycles. The highest BCUT2D eigenvalue weighted by Gasteiger charge is 2.28. The molecular formula is C19H26N2O3. The maximum absolute atomic E-state index is 12.9. The highest BCUT2D eigenvalue weighted by atomic mass is 16.5. The van der Waals surface area contributed by atoms with E-state index in [0.717, 1.165) is 31.4 Å². The zero-order valence-corrected chi connectivity index (χ0v) is 14.7. The molecule has 1 unspecified atom stereocenters. The van der Waals surface area contributed by atoms with E-state index in [2.05, 4.69) is 11.8 Å². The lowest BCUT2D eigenvalue weighted by atomic mass is 10.2. The van der Waals surface area contributed by atoms with Crippen LogP contribution in [0, 0.1) is 0 Å². The first-order chi connectivity index (χ1) is 11.7. The number of hydrogen-bond acceptors (Lipinski definition) is 4. The van der Waals surface area contributed by atoms with Gasteiger partial charge >= 0.3 is 0 Å². The predicted molar refractivity (Wildman–Crippen MR) is 94.6 cm³/mol. The number of hydrogen-bond donors (Lipinski definition) is 0. The van der Waals surface area contributed by atoms with Crippen LogP contribution < -0.4 is 4.74 Å². The third-order valence-electron chi connectivity index (χ3n) is 4.94. The predicted octanol–water partition coefficient (Wildman–Crippen LogP) is 3.39. The Morgan fingerprint density at radius 1 is 1.42 bits per heavy atom. The molecule has 0 radical (unpaired) electrons. The van der Waals surface area contributed by atoms with Gasteiger partial charge in [0.25, 0.3) is 5.91 Å². The first-order valence-corrected chi connectivity index (χ1v) is 8.77. The molecule has 1 fully saturated rings. The second-order valence-corrected chi connectivity index (χ2v) is 6.26. The molecule has 1 aromatic carbocycles. The minimum Gasteiger partial charge on any atom is -0.493 e. The van der Waals surface area contributed by atoms with Gasteiger partial charge in [0, 0.05) is 24.5 Å². The Morgan fingerprint density at radius 2 is 2.25 bits per heavy atom. The number of methoxy groups -OCH3 is 1. The van der Waals surface area contributed by atoms with Gasteiger partial charge in [-0.1, -0.05) is 19.1 Å². The van der Waals surface area contributed by atoms with Gasteiger partial charge in [-0.3, -0.25) is 9.69 Å². The zero-order valence-electron chi connectivity index (χ0n) is 14.7. The summed E-state index contributed by atoms with van der Waals surface area (Å²) in [5, 5.41) is 0.893. The number of benzene rings is 1. The highest BCUT2D eigenvalue weighted by molar-refractivity contribution is 5.97. The molecular weight excluding hydrogens is 304 g/mol. The van der Waals surface area contributed by atoms with Gasteiger partial charge < -0.3 is 14.1 Å². The number of carbonyl (C=O) groups excluding carboxylic acids is 1. The van der Waals surface area contributed by atoms with Gasteiger partial charge in [0.2, 0.25) is 0 Å². The smallest absolute Gasteiger partial charge is 0.289 e. The van der Waals surface area contributed by atoms with Gasteiger partial charge in [0.1, 0.15) is 0 Å². The fraction of sp³-hybridized carbons (Fsp3) is 0.526. The first-order valence-electron chi connectivity index (χ1n) is 8.77. The largest absolute Gasteiger partial charge is 0.493 e. The molecule has 0 saturated carbocycles. The lowest BCUT2D eigenvalue weighted by molar-refractivity contribution is 0.0688. The van der Waals surface area contributed by atoms with E-state index in [4.69, 9.17) is 9.15 Å². The van der Waals surface area contributed by atoms with Crippen molar-refractivity contribution in [3.05, 3.63) is 30.0 Å². The quantitative estimate of drug-likeness (QED) is 0.814. The Balaban J connectivity index is 1.81. The standard InChI is InChI=1S/C19H26N2O3/c1-4-20-11-7-9-15(20)13-21(5-2)19(22)17-12-14-8-6-10-16(23-3)18(14)24-17/h6,8,10,12,15H,4-5,7,9,11,13H2,1-3H3. The van der Waals surface area contributed by atoms with Gasteiger partial charge in [-0.25, -0.2) is 0 Å². The van der Waals surface area contributed by atoms with Crippen LogP contribution in [0.5, 0.6) is 5.75 Å². The average molecular weight is 330 g/mol. The topological polar surface area (TPSA) is 45.9 Å². The Bertz CT molecular complexity index is 710. The van der Waals surface area contributed by atoms with Gasteiger partial charge in [-0.2, -0.15) is 0 Å². The molecule has 2 aromatic rings. The van der Waals surface area contributed by atoms with Gasteiger partial charge in [-0.05, 0) is 45.0 Å². The number of para-hydroxylation sites is 1. The molecule has 1 saturated heterocycles. The summed E-state index contributed by atoms with van der Waals surface area (Å²) in [4.78, 5) is 17.2. The number of furan rings is 1. The Morgan fingerprint density at radius 3 is 2.96 bits per heavy atom. The van der Waals surface area contributed by atoms with Gasteiger partial charge in [0.05, 0.1) is 7.11 Å². The minimum atomic E-state index is -0.0429. The molecule has 2 heterocycles. The Hall–Kier alpha value is -2.01. The minimum absolute atomic E-state index is 0.0429. The number of rotatable bonds is 6. The molecule has 5 heteroatoms. The van der Waals surface area contributed by atoms with E-state index in [9.17, 15) is 4.79 Å². The summed E-state index contributed by atoms with van der Waals surface area (Å²) in [6, 6.07) is 7.95. The number of likely N-dealkylation sites (tertiary alicyclic amines) is 1. The number of fused-ring (bicyclic) bond motifs is 1. The van der Waals surface area contributed by atoms with Gasteiger partial charge in [0.15, 0.2) is 17.1 Å². The molecule has 5 nitrogen and oxygen atoms in total. The van der Waals surface area contributed by atoms with E-state index < -0.39 is 0 Å². The van der Waals surface area contributed by atoms with Crippen LogP contribution in [-0.4, -0.2) is 55.0 Å². The van der Waals surface area contributed by atoms with Crippen LogP contribution >= 0.6 is 0 Å². The maximum atomic E-state index is 12.9. The molecule has 3 rings (SSSR count). The van der Waals surface area contributed by atoms with Crippen molar-refractivity contribution in [2.45, 2.75) is 32.7 Å². The summed E-state index contributed by atoms with van der Waals surface area (Å²) in [6.45, 7) is 7.82. The van der Waals surface area contributed by atoms with Crippen molar-refractivity contribution in [3.63, 3.8) is 0 Å². The molecule has 130 valence electrons. The third kappa shape index (κ3) is 3.13. The van der Waals surface area contributed by atoms with Crippen molar-refractivity contribution in [3.8, 4) is 5.75 Å². The molecule has 1 amide bonds. The Labute approximate surface area is 143 Å². The highest BCUT2D eigenvalue weighted by Crippen LogP contribution is 2.29. The molecule has 0 N–H and O–H groups in total. The van der Waals surface area contributed by atoms with E-state index in [0.29, 0.717) is 29.7 Å². The SMILES string of the molecule is CCN(CC1CCCN1CC)C(=O)c1cc2cccc(OC)c2o1. The summed E-state index contributed by atoms with van der Waals surface area (Å²) in [6.07, 6.45) is 2.37. The molecule has 0 spiro atoms. The van der Waals surface area contributed by atoms with Crippen molar-refractivity contribution in [1.82, 2.24) is 9.80 Å². The maximum Gasteiger partial charge on any atom is 0.289 e. The number of amides is 1. The molecule has 1 aromatic heterocycles. The van der Waals surface area contributed by atoms with E-state index >= 15 is 0 Å². The van der Waals surface area contributed by atoms with E-state index in [1.54, 1.807) is 7.11 Å². The van der Waals surface area contributed by atoms with E-state index in [1.807, 2.05) is 36.1 Å². The van der Waals surface area contributed by atoms with E-state index in [-0.39, 0.29) is 5.91 Å². The number of ether oxygens (including phenoxy) is 1. The Kier molecular flexibility index (Phi) is 5.09. The number of likely N-dealkylation sites (N-methyl/N-ethyl adjacent to an activating group) is 2. The van der Waals surface area contributed by atoms with Crippen molar-refractivity contribution in [2.24, 2.45) is 0 Å². The fourth-order valence-electron chi connectivity index (χ4n) is 3.59. The summed E-state index contributed by atoms with van der Waals surface area (Å²) < 4.78 is 11.1. The normalized spacial score (nSPS) is 18.2. The third-order valence-corrected chi connectivity index (χ3v) is 4.94. The summed E-state index contributed by atoms with van der Waals surface area (Å²) in [7, 11) is 1.61. The van der Waals surface area contributed by atoms with Crippen molar-refractivity contribution in [2.75, 3.05) is 33.3 Å². The second-order valence-electron chi connectivity index (χ2n) is 6.26. The van der Waals surface area contributed by atoms with E-state index in [1.165, 1.54) is 6.42 Å². The molecule has 1 aliphatic rings. The zero-order chi connectivity index (χ0) is 17.1.